The summed E-state index contributed by atoms with van der Waals surface area (Å²) in [6, 6.07) is 22.6. The predicted molar refractivity (Wildman–Crippen MR) is 109 cm³/mol. The molecule has 1 heteroatoms. The highest BCUT2D eigenvalue weighted by Crippen LogP contribution is 2.55. The SMILES string of the molecule is C=P1(C)c2ccccc2-c2cc3c(cc21)-c1ccccc1C3(C)C. The smallest absolute Gasteiger partial charge is 0.0159 e. The molecule has 0 bridgehead atoms. The predicted octanol–water partition coefficient (Wildman–Crippen LogP) is 5.00. The zero-order valence-corrected chi connectivity index (χ0v) is 15.3. The lowest BCUT2D eigenvalue weighted by atomic mass is 9.81. The Bertz CT molecular complexity index is 1070. The van der Waals surface area contributed by atoms with E-state index in [0.29, 0.717) is 0 Å². The van der Waals surface area contributed by atoms with Crippen LogP contribution in [0.5, 0.6) is 0 Å². The van der Waals surface area contributed by atoms with Gasteiger partial charge in [-0.2, -0.15) is 0 Å². The number of fused-ring (bicyclic) bond motifs is 6. The second kappa shape index (κ2) is 4.32. The molecule has 1 unspecified atom stereocenters. The summed E-state index contributed by atoms with van der Waals surface area (Å²) in [5.41, 5.74) is 8.59. The Kier molecular flexibility index (Phi) is 2.58. The van der Waals surface area contributed by atoms with Crippen LogP contribution in [-0.4, -0.2) is 13.0 Å². The van der Waals surface area contributed by atoms with Crippen molar-refractivity contribution in [2.75, 3.05) is 6.66 Å². The fourth-order valence-corrected chi connectivity index (χ4v) is 7.15. The lowest BCUT2D eigenvalue weighted by molar-refractivity contribution is 0.661. The van der Waals surface area contributed by atoms with Crippen LogP contribution in [0.1, 0.15) is 25.0 Å². The van der Waals surface area contributed by atoms with Crippen molar-refractivity contribution in [3.63, 3.8) is 0 Å². The fourth-order valence-electron chi connectivity index (χ4n) is 4.62. The van der Waals surface area contributed by atoms with Crippen LogP contribution >= 0.6 is 6.89 Å². The van der Waals surface area contributed by atoms with Gasteiger partial charge in [0.25, 0.3) is 0 Å². The Morgan fingerprint density at radius 3 is 2.17 bits per heavy atom. The first kappa shape index (κ1) is 14.3. The molecule has 0 spiro atoms. The van der Waals surface area contributed by atoms with E-state index < -0.39 is 6.89 Å². The third-order valence-electron chi connectivity index (χ3n) is 5.96. The number of benzene rings is 3. The van der Waals surface area contributed by atoms with Crippen LogP contribution < -0.4 is 10.6 Å². The maximum absolute atomic E-state index is 4.68. The van der Waals surface area contributed by atoms with E-state index in [-0.39, 0.29) is 5.41 Å². The summed E-state index contributed by atoms with van der Waals surface area (Å²) in [4.78, 5) is 0. The topological polar surface area (TPSA) is 0 Å². The summed E-state index contributed by atoms with van der Waals surface area (Å²) < 4.78 is 0. The summed E-state index contributed by atoms with van der Waals surface area (Å²) >= 11 is 0. The number of hydrogen-bond acceptors (Lipinski definition) is 0. The number of hydrogen-bond donors (Lipinski definition) is 0. The van der Waals surface area contributed by atoms with Gasteiger partial charge in [-0.1, -0.05) is 75.6 Å². The van der Waals surface area contributed by atoms with E-state index in [1.54, 1.807) is 0 Å². The standard InChI is InChI=1S/C23H21P/c1-23(2)19-11-7-5-9-15(19)17-14-22-18(13-20(17)23)16-10-6-8-12-21(16)24(22,3)4/h5-14H,3H2,1-2,4H3. The molecule has 5 rings (SSSR count). The van der Waals surface area contributed by atoms with Crippen molar-refractivity contribution in [3.05, 3.63) is 71.8 Å². The van der Waals surface area contributed by atoms with E-state index >= 15 is 0 Å². The molecule has 0 nitrogen and oxygen atoms in total. The molecule has 0 N–H and O–H groups in total. The van der Waals surface area contributed by atoms with Crippen molar-refractivity contribution in [1.82, 2.24) is 0 Å². The maximum atomic E-state index is 4.68. The molecule has 1 aliphatic heterocycles. The lowest BCUT2D eigenvalue weighted by Gasteiger charge is -2.22. The molecule has 2 aliphatic rings. The summed E-state index contributed by atoms with van der Waals surface area (Å²) in [5, 5.41) is 2.92. The van der Waals surface area contributed by atoms with Crippen LogP contribution in [0.25, 0.3) is 22.3 Å². The first-order valence-corrected chi connectivity index (χ1v) is 10.9. The zero-order chi connectivity index (χ0) is 16.7. The van der Waals surface area contributed by atoms with Gasteiger partial charge in [0.1, 0.15) is 0 Å². The highest BCUT2D eigenvalue weighted by atomic mass is 31.2. The number of rotatable bonds is 0. The van der Waals surface area contributed by atoms with Crippen molar-refractivity contribution >= 4 is 23.8 Å². The Labute approximate surface area is 144 Å². The van der Waals surface area contributed by atoms with Crippen LogP contribution in [0.2, 0.25) is 0 Å². The molecule has 3 aromatic rings. The first-order valence-electron chi connectivity index (χ1n) is 8.52. The molecule has 0 saturated heterocycles. The van der Waals surface area contributed by atoms with Gasteiger partial charge >= 0.3 is 0 Å². The maximum Gasteiger partial charge on any atom is 0.0159 e. The largest absolute Gasteiger partial charge is 0.0928 e. The summed E-state index contributed by atoms with van der Waals surface area (Å²) in [7, 11) is 0. The minimum absolute atomic E-state index is 0.0640. The van der Waals surface area contributed by atoms with Gasteiger partial charge in [-0.15, -0.1) is 0 Å². The van der Waals surface area contributed by atoms with Gasteiger partial charge in [0.15, 0.2) is 0 Å². The highest BCUT2D eigenvalue weighted by Gasteiger charge is 2.38. The van der Waals surface area contributed by atoms with E-state index in [1.807, 2.05) is 0 Å². The average molecular weight is 328 g/mol. The van der Waals surface area contributed by atoms with Crippen molar-refractivity contribution < 1.29 is 0 Å². The van der Waals surface area contributed by atoms with Crippen LogP contribution in [0.15, 0.2) is 60.7 Å². The minimum Gasteiger partial charge on any atom is -0.0928 e. The van der Waals surface area contributed by atoms with Crippen LogP contribution in [0.3, 0.4) is 0 Å². The van der Waals surface area contributed by atoms with E-state index in [0.717, 1.165) is 0 Å². The Hall–Kier alpha value is -2.04. The van der Waals surface area contributed by atoms with Gasteiger partial charge in [0.2, 0.25) is 0 Å². The van der Waals surface area contributed by atoms with E-state index in [1.165, 1.54) is 44.0 Å². The second-order valence-electron chi connectivity index (χ2n) is 7.79. The molecule has 24 heavy (non-hydrogen) atoms. The van der Waals surface area contributed by atoms with Crippen molar-refractivity contribution in [3.8, 4) is 22.3 Å². The van der Waals surface area contributed by atoms with Crippen LogP contribution in [0.4, 0.5) is 0 Å². The van der Waals surface area contributed by atoms with Crippen molar-refractivity contribution in [2.24, 2.45) is 0 Å². The lowest BCUT2D eigenvalue weighted by Crippen LogP contribution is -2.16. The molecule has 0 fully saturated rings. The molecule has 1 heterocycles. The van der Waals surface area contributed by atoms with Gasteiger partial charge in [-0.25, -0.2) is 0 Å². The Morgan fingerprint density at radius 1 is 0.708 bits per heavy atom. The van der Waals surface area contributed by atoms with Gasteiger partial charge < -0.3 is 0 Å². The van der Waals surface area contributed by atoms with Crippen molar-refractivity contribution in [1.29, 1.82) is 0 Å². The summed E-state index contributed by atoms with van der Waals surface area (Å²) in [5.74, 6) is 0. The van der Waals surface area contributed by atoms with E-state index in [4.69, 9.17) is 0 Å². The molecular formula is C23H21P. The molecule has 118 valence electrons. The van der Waals surface area contributed by atoms with E-state index in [9.17, 15) is 0 Å². The quantitative estimate of drug-likeness (QED) is 0.509. The molecule has 0 radical (unpaired) electrons. The molecule has 1 atom stereocenters. The molecule has 0 amide bonds. The molecule has 0 aromatic heterocycles. The van der Waals surface area contributed by atoms with E-state index in [2.05, 4.69) is 87.5 Å². The van der Waals surface area contributed by atoms with Crippen LogP contribution in [0, 0.1) is 0 Å². The Morgan fingerprint density at radius 2 is 1.38 bits per heavy atom. The fraction of sp³-hybridized carbons (Fsp3) is 0.174. The second-order valence-corrected chi connectivity index (χ2v) is 11.1. The molecule has 1 aliphatic carbocycles. The average Bonchev–Trinajstić information content (AvgIpc) is 2.95. The third kappa shape index (κ3) is 1.55. The Balaban J connectivity index is 1.90. The summed E-state index contributed by atoms with van der Waals surface area (Å²) in [6.45, 7) is 5.55. The van der Waals surface area contributed by atoms with Gasteiger partial charge in [0.05, 0.1) is 0 Å². The molecule has 3 aromatic carbocycles. The minimum atomic E-state index is -1.51. The van der Waals surface area contributed by atoms with Crippen LogP contribution in [-0.2, 0) is 5.41 Å². The van der Waals surface area contributed by atoms with Gasteiger partial charge in [-0.3, -0.25) is 0 Å². The zero-order valence-electron chi connectivity index (χ0n) is 14.4. The van der Waals surface area contributed by atoms with Gasteiger partial charge in [0, 0.05) is 5.41 Å². The third-order valence-corrected chi connectivity index (χ3v) is 8.84. The van der Waals surface area contributed by atoms with Crippen molar-refractivity contribution in [2.45, 2.75) is 19.3 Å². The summed E-state index contributed by atoms with van der Waals surface area (Å²) in [6.07, 6.45) is 4.68. The highest BCUT2D eigenvalue weighted by molar-refractivity contribution is 7.87. The monoisotopic (exact) mass is 328 g/mol. The molecule has 0 saturated carbocycles. The first-order chi connectivity index (χ1) is 11.4. The molecular weight excluding hydrogens is 307 g/mol. The normalized spacial score (nSPS) is 21.8. The van der Waals surface area contributed by atoms with Gasteiger partial charge in [-0.05, 0) is 62.8 Å².